The summed E-state index contributed by atoms with van der Waals surface area (Å²) >= 11 is 6.43. The van der Waals surface area contributed by atoms with E-state index in [1.54, 1.807) is 30.3 Å². The molecule has 1 atom stereocenters. The van der Waals surface area contributed by atoms with E-state index in [0.29, 0.717) is 54.6 Å². The van der Waals surface area contributed by atoms with Gasteiger partial charge < -0.3 is 14.6 Å². The molecule has 2 heterocycles. The fourth-order valence-corrected chi connectivity index (χ4v) is 5.56. The lowest BCUT2D eigenvalue weighted by atomic mass is 10.0. The van der Waals surface area contributed by atoms with Crippen LogP contribution in [0.2, 0.25) is 5.02 Å². The van der Waals surface area contributed by atoms with Crippen LogP contribution < -0.4 is 4.74 Å². The molecular weight excluding hydrogens is 430 g/mol. The van der Waals surface area contributed by atoms with Gasteiger partial charge in [0.15, 0.2) is 0 Å². The Hall–Kier alpha value is -2.39. The zero-order valence-electron chi connectivity index (χ0n) is 16.0. The fraction of sp³-hybridized carbons (Fsp3) is 0.286. The lowest BCUT2D eigenvalue weighted by Gasteiger charge is -2.27. The highest BCUT2D eigenvalue weighted by Crippen LogP contribution is 2.41. The molecule has 1 saturated heterocycles. The zero-order chi connectivity index (χ0) is 21.3. The Balaban J connectivity index is 1.71. The van der Waals surface area contributed by atoms with Gasteiger partial charge in [0.2, 0.25) is 10.0 Å². The van der Waals surface area contributed by atoms with Crippen molar-refractivity contribution < 1.29 is 27.8 Å². The quantitative estimate of drug-likeness (QED) is 0.705. The van der Waals surface area contributed by atoms with Crippen molar-refractivity contribution in [1.82, 2.24) is 4.31 Å². The topological polar surface area (TPSA) is 93.1 Å². The monoisotopic (exact) mass is 449 g/mol. The van der Waals surface area contributed by atoms with Crippen molar-refractivity contribution >= 4 is 27.6 Å². The smallest absolute Gasteiger partial charge is 0.328 e. The summed E-state index contributed by atoms with van der Waals surface area (Å²) in [6.45, 7) is 1.36. The summed E-state index contributed by atoms with van der Waals surface area (Å²) in [5.41, 5.74) is 2.02. The molecule has 0 amide bonds. The third-order valence-electron chi connectivity index (χ3n) is 5.05. The molecule has 4 rings (SSSR count). The van der Waals surface area contributed by atoms with Crippen molar-refractivity contribution in [1.29, 1.82) is 0 Å². The second kappa shape index (κ2) is 8.39. The first-order chi connectivity index (χ1) is 14.4. The lowest BCUT2D eigenvalue weighted by Crippen LogP contribution is -2.40. The van der Waals surface area contributed by atoms with Crippen LogP contribution in [0.1, 0.15) is 5.56 Å². The Morgan fingerprint density at radius 3 is 2.67 bits per heavy atom. The number of fused-ring (bicyclic) bond motifs is 1. The molecule has 158 valence electrons. The van der Waals surface area contributed by atoms with Gasteiger partial charge in [-0.05, 0) is 29.8 Å². The summed E-state index contributed by atoms with van der Waals surface area (Å²) in [4.78, 5) is 11.0. The first kappa shape index (κ1) is 20.9. The van der Waals surface area contributed by atoms with Crippen molar-refractivity contribution in [3.63, 3.8) is 0 Å². The van der Waals surface area contributed by atoms with E-state index in [1.165, 1.54) is 10.4 Å². The molecule has 0 saturated carbocycles. The molecule has 2 aliphatic rings. The SMILES string of the molecule is O=C(O)/C=C/C1Cc2cc(-c3ccccc3S(=O)(=O)N3CCOCC3)cc(Cl)c2O1. The molecule has 1 fully saturated rings. The van der Waals surface area contributed by atoms with Crippen molar-refractivity contribution in [3.8, 4) is 16.9 Å². The highest BCUT2D eigenvalue weighted by atomic mass is 35.5. The Morgan fingerprint density at radius 2 is 1.93 bits per heavy atom. The van der Waals surface area contributed by atoms with Crippen LogP contribution >= 0.6 is 11.6 Å². The van der Waals surface area contributed by atoms with E-state index in [4.69, 9.17) is 26.2 Å². The number of benzene rings is 2. The van der Waals surface area contributed by atoms with E-state index in [-0.39, 0.29) is 4.90 Å². The number of morpholine rings is 1. The van der Waals surface area contributed by atoms with Gasteiger partial charge in [-0.25, -0.2) is 13.2 Å². The van der Waals surface area contributed by atoms with Crippen LogP contribution in [-0.4, -0.2) is 56.2 Å². The third kappa shape index (κ3) is 4.09. The predicted octanol–water partition coefficient (Wildman–Crippen LogP) is 2.97. The minimum atomic E-state index is -3.69. The van der Waals surface area contributed by atoms with Crippen LogP contribution in [0, 0.1) is 0 Å². The van der Waals surface area contributed by atoms with Crippen LogP contribution in [0.4, 0.5) is 0 Å². The molecule has 1 N–H and O–H groups in total. The number of halogens is 1. The average Bonchev–Trinajstić information content (AvgIpc) is 3.17. The molecule has 2 aromatic rings. The highest BCUT2D eigenvalue weighted by Gasteiger charge is 2.30. The van der Waals surface area contributed by atoms with Crippen molar-refractivity contribution in [2.75, 3.05) is 26.3 Å². The van der Waals surface area contributed by atoms with Crippen LogP contribution in [0.25, 0.3) is 11.1 Å². The number of rotatable bonds is 5. The number of ether oxygens (including phenoxy) is 2. The van der Waals surface area contributed by atoms with E-state index in [9.17, 15) is 13.2 Å². The van der Waals surface area contributed by atoms with Gasteiger partial charge in [0.1, 0.15) is 11.9 Å². The van der Waals surface area contributed by atoms with Crippen LogP contribution in [0.3, 0.4) is 0 Å². The van der Waals surface area contributed by atoms with Crippen molar-refractivity contribution in [3.05, 3.63) is 59.1 Å². The molecule has 0 radical (unpaired) electrons. The first-order valence-electron chi connectivity index (χ1n) is 9.44. The Kier molecular flexibility index (Phi) is 5.84. The highest BCUT2D eigenvalue weighted by molar-refractivity contribution is 7.89. The van der Waals surface area contributed by atoms with Gasteiger partial charge in [0.25, 0.3) is 0 Å². The van der Waals surface area contributed by atoms with Gasteiger partial charge in [-0.2, -0.15) is 4.31 Å². The van der Waals surface area contributed by atoms with Gasteiger partial charge in [0, 0.05) is 36.7 Å². The molecule has 0 aliphatic carbocycles. The first-order valence-corrected chi connectivity index (χ1v) is 11.3. The summed E-state index contributed by atoms with van der Waals surface area (Å²) in [6, 6.07) is 10.4. The van der Waals surface area contributed by atoms with Gasteiger partial charge in [-0.15, -0.1) is 0 Å². The second-order valence-electron chi connectivity index (χ2n) is 7.02. The van der Waals surface area contributed by atoms with E-state index >= 15 is 0 Å². The average molecular weight is 450 g/mol. The Labute approximate surface area is 179 Å². The lowest BCUT2D eigenvalue weighted by molar-refractivity contribution is -0.131. The molecule has 1 unspecified atom stereocenters. The molecule has 0 aromatic heterocycles. The number of carboxylic acids is 1. The Bertz CT molecular complexity index is 1110. The summed E-state index contributed by atoms with van der Waals surface area (Å²) in [5.74, 6) is -0.558. The van der Waals surface area contributed by atoms with E-state index < -0.39 is 22.1 Å². The van der Waals surface area contributed by atoms with Gasteiger partial charge in [-0.3, -0.25) is 0 Å². The summed E-state index contributed by atoms with van der Waals surface area (Å²) < 4.78 is 39.0. The van der Waals surface area contributed by atoms with Gasteiger partial charge >= 0.3 is 5.97 Å². The molecule has 2 aromatic carbocycles. The van der Waals surface area contributed by atoms with Crippen molar-refractivity contribution in [2.24, 2.45) is 0 Å². The third-order valence-corrected chi connectivity index (χ3v) is 7.29. The molecule has 30 heavy (non-hydrogen) atoms. The number of aliphatic carboxylic acids is 1. The largest absolute Gasteiger partial charge is 0.484 e. The minimum absolute atomic E-state index is 0.212. The summed E-state index contributed by atoms with van der Waals surface area (Å²) in [7, 11) is -3.69. The van der Waals surface area contributed by atoms with E-state index in [2.05, 4.69) is 0 Å². The molecule has 0 spiro atoms. The molecule has 2 aliphatic heterocycles. The summed E-state index contributed by atoms with van der Waals surface area (Å²) in [5, 5.41) is 9.17. The standard InChI is InChI=1S/C21H20ClNO6S/c22-18-13-14(11-15-12-16(29-21(15)18)5-6-20(24)25)17-3-1-2-4-19(17)30(26,27)23-7-9-28-10-8-23/h1-6,11,13,16H,7-10,12H2,(H,24,25)/b6-5+. The molecular formula is C21H20ClNO6S. The van der Waals surface area contributed by atoms with E-state index in [0.717, 1.165) is 11.6 Å². The van der Waals surface area contributed by atoms with Crippen LogP contribution in [-0.2, 0) is 26.0 Å². The number of hydrogen-bond acceptors (Lipinski definition) is 5. The number of nitrogens with zero attached hydrogens (tertiary/aromatic N) is 1. The maximum absolute atomic E-state index is 13.2. The summed E-state index contributed by atoms with van der Waals surface area (Å²) in [6.07, 6.45) is 2.52. The molecule has 9 heteroatoms. The second-order valence-corrected chi connectivity index (χ2v) is 9.33. The molecule has 7 nitrogen and oxygen atoms in total. The fourth-order valence-electron chi connectivity index (χ4n) is 3.65. The number of hydrogen-bond donors (Lipinski definition) is 1. The molecule has 0 bridgehead atoms. The van der Waals surface area contributed by atoms with Crippen molar-refractivity contribution in [2.45, 2.75) is 17.4 Å². The predicted molar refractivity (Wildman–Crippen MR) is 111 cm³/mol. The van der Waals surface area contributed by atoms with Crippen LogP contribution in [0.15, 0.2) is 53.4 Å². The minimum Gasteiger partial charge on any atom is -0.484 e. The number of sulfonamides is 1. The maximum atomic E-state index is 13.2. The van der Waals surface area contributed by atoms with Crippen LogP contribution in [0.5, 0.6) is 5.75 Å². The zero-order valence-corrected chi connectivity index (χ0v) is 17.5. The van der Waals surface area contributed by atoms with Gasteiger partial charge in [0.05, 0.1) is 23.1 Å². The van der Waals surface area contributed by atoms with Gasteiger partial charge in [-0.1, -0.05) is 29.8 Å². The van der Waals surface area contributed by atoms with E-state index in [1.807, 2.05) is 6.07 Å². The normalized spacial score (nSPS) is 19.6. The Morgan fingerprint density at radius 1 is 1.20 bits per heavy atom. The number of carboxylic acid groups (broad SMARTS) is 1. The number of carbonyl (C=O) groups is 1. The maximum Gasteiger partial charge on any atom is 0.328 e.